The van der Waals surface area contributed by atoms with Crippen molar-refractivity contribution >= 4 is 44.8 Å². The molecule has 2 aliphatic heterocycles. The fourth-order valence-corrected chi connectivity index (χ4v) is 6.13. The molecule has 1 unspecified atom stereocenters. The molecule has 2 aromatic carbocycles. The number of piperidine rings is 1. The van der Waals surface area contributed by atoms with Gasteiger partial charge >= 0.3 is 5.97 Å². The first kappa shape index (κ1) is 26.5. The number of para-hydroxylation sites is 1. The largest absolute Gasteiger partial charge is 0.443 e. The van der Waals surface area contributed by atoms with E-state index in [4.69, 9.17) is 4.74 Å². The predicted octanol–water partition coefficient (Wildman–Crippen LogP) is 2.54. The third-order valence-electron chi connectivity index (χ3n) is 6.24. The number of ether oxygens (including phenoxy) is 1. The minimum atomic E-state index is -4.07. The molecule has 12 heteroatoms. The van der Waals surface area contributed by atoms with Crippen LogP contribution in [-0.2, 0) is 29.1 Å². The molecule has 0 aromatic heterocycles. The number of rotatable bonds is 6. The fourth-order valence-electron chi connectivity index (χ4n) is 4.49. The number of nitrogens with zero attached hydrogens (tertiary/aromatic N) is 4. The van der Waals surface area contributed by atoms with Crippen molar-refractivity contribution in [3.8, 4) is 12.1 Å². The molecule has 0 aliphatic carbocycles. The Labute approximate surface area is 219 Å². The number of hydrogen-bond acceptors (Lipinski definition) is 8. The maximum atomic E-state index is 13.4. The van der Waals surface area contributed by atoms with E-state index in [0.717, 1.165) is 9.21 Å². The molecule has 11 nitrogen and oxygen atoms in total. The van der Waals surface area contributed by atoms with Crippen LogP contribution in [0.25, 0.3) is 5.57 Å². The van der Waals surface area contributed by atoms with Gasteiger partial charge in [0.05, 0.1) is 16.2 Å². The third-order valence-corrected chi connectivity index (χ3v) is 8.16. The molecule has 2 heterocycles. The zero-order chi connectivity index (χ0) is 27.4. The molecule has 2 aromatic rings. The average molecular weight is 534 g/mol. The van der Waals surface area contributed by atoms with Crippen LogP contribution in [0.1, 0.15) is 31.7 Å². The molecule has 0 saturated carbocycles. The van der Waals surface area contributed by atoms with E-state index in [1.54, 1.807) is 36.4 Å². The summed E-state index contributed by atoms with van der Waals surface area (Å²) in [6, 6.07) is 14.5. The smallest absolute Gasteiger partial charge is 0.326 e. The number of esters is 1. The third kappa shape index (κ3) is 5.00. The van der Waals surface area contributed by atoms with Gasteiger partial charge in [0, 0.05) is 24.7 Å². The summed E-state index contributed by atoms with van der Waals surface area (Å²) in [5, 5.41) is 21.1. The predicted molar refractivity (Wildman–Crippen MR) is 135 cm³/mol. The van der Waals surface area contributed by atoms with Crippen molar-refractivity contribution in [3.05, 3.63) is 59.7 Å². The first-order valence-electron chi connectivity index (χ1n) is 11.7. The van der Waals surface area contributed by atoms with Crippen LogP contribution in [0, 0.1) is 22.7 Å². The van der Waals surface area contributed by atoms with Gasteiger partial charge in [0.2, 0.25) is 15.9 Å². The number of nitrogens with one attached hydrogen (secondary N) is 1. The lowest BCUT2D eigenvalue weighted by Crippen LogP contribution is -2.49. The maximum Gasteiger partial charge on any atom is 0.326 e. The van der Waals surface area contributed by atoms with E-state index < -0.39 is 34.7 Å². The summed E-state index contributed by atoms with van der Waals surface area (Å²) < 4.78 is 33.3. The molecule has 194 valence electrons. The number of sulfonamides is 1. The van der Waals surface area contributed by atoms with Gasteiger partial charge in [-0.1, -0.05) is 18.2 Å². The van der Waals surface area contributed by atoms with Gasteiger partial charge in [-0.15, -0.1) is 0 Å². The Balaban J connectivity index is 1.54. The van der Waals surface area contributed by atoms with Gasteiger partial charge < -0.3 is 10.1 Å². The molecule has 2 aliphatic rings. The lowest BCUT2D eigenvalue weighted by atomic mass is 10.0. The van der Waals surface area contributed by atoms with E-state index >= 15 is 0 Å². The summed E-state index contributed by atoms with van der Waals surface area (Å²) in [5.41, 5.74) is 0.745. The molecule has 0 radical (unpaired) electrons. The Hall–Kier alpha value is -4.52. The number of carbonyl (C=O) groups is 3. The van der Waals surface area contributed by atoms with Crippen LogP contribution in [0.2, 0.25) is 0 Å². The number of amides is 2. The highest BCUT2D eigenvalue weighted by molar-refractivity contribution is 7.89. The molecule has 1 fully saturated rings. The summed E-state index contributed by atoms with van der Waals surface area (Å²) in [6.07, 6.45) is 1.41. The number of allylic oxidation sites excluding steroid dienone is 1. The van der Waals surface area contributed by atoms with Crippen LogP contribution in [0.4, 0.5) is 11.4 Å². The quantitative estimate of drug-likeness (QED) is 0.337. The molecule has 0 bridgehead atoms. The highest BCUT2D eigenvalue weighted by Gasteiger charge is 2.40. The molecular weight excluding hydrogens is 510 g/mol. The van der Waals surface area contributed by atoms with Crippen LogP contribution in [0.5, 0.6) is 0 Å². The average Bonchev–Trinajstić information content (AvgIpc) is 3.19. The van der Waals surface area contributed by atoms with Crippen LogP contribution in [0.15, 0.2) is 59.0 Å². The zero-order valence-corrected chi connectivity index (χ0v) is 21.2. The number of hydrogen-bond donors (Lipinski definition) is 1. The van der Waals surface area contributed by atoms with Crippen molar-refractivity contribution in [2.45, 2.75) is 37.1 Å². The van der Waals surface area contributed by atoms with Crippen LogP contribution in [0.3, 0.4) is 0 Å². The molecule has 0 spiro atoms. The lowest BCUT2D eigenvalue weighted by molar-refractivity contribution is -0.149. The van der Waals surface area contributed by atoms with Crippen molar-refractivity contribution in [1.29, 1.82) is 10.5 Å². The summed E-state index contributed by atoms with van der Waals surface area (Å²) in [7, 11) is -4.07. The topological polar surface area (TPSA) is 161 Å². The second kappa shape index (κ2) is 10.8. The Kier molecular flexibility index (Phi) is 7.57. The van der Waals surface area contributed by atoms with E-state index in [9.17, 15) is 33.3 Å². The second-order valence-electron chi connectivity index (χ2n) is 8.65. The van der Waals surface area contributed by atoms with Gasteiger partial charge in [0.25, 0.3) is 5.91 Å². The fraction of sp³-hybridized carbons (Fsp3) is 0.269. The molecule has 1 saturated heterocycles. The Morgan fingerprint density at radius 3 is 2.42 bits per heavy atom. The Morgan fingerprint density at radius 1 is 1.08 bits per heavy atom. The van der Waals surface area contributed by atoms with Crippen molar-refractivity contribution in [3.63, 3.8) is 0 Å². The molecule has 4 rings (SSSR count). The van der Waals surface area contributed by atoms with Gasteiger partial charge in [-0.3, -0.25) is 19.3 Å². The van der Waals surface area contributed by atoms with Crippen molar-refractivity contribution < 1.29 is 27.5 Å². The van der Waals surface area contributed by atoms with E-state index in [1.165, 1.54) is 31.2 Å². The van der Waals surface area contributed by atoms with E-state index in [1.807, 2.05) is 0 Å². The minimum Gasteiger partial charge on any atom is -0.443 e. The number of fused-ring (bicyclic) bond motifs is 1. The standard InChI is InChI=1S/C26H23N5O6S/c1-17(32)29-19-9-11-20(12-10-19)38(35,36)31-13-5-4-8-23(31)26(34)37-16-30-22-7-3-2-6-21(22)24(25(30)33)18(14-27)15-28/h2-3,6-7,9-12,23H,4-5,8,13,16H2,1H3,(H,29,32). The van der Waals surface area contributed by atoms with Crippen molar-refractivity contribution in [1.82, 2.24) is 4.31 Å². The Bertz CT molecular complexity index is 1500. The molecule has 1 N–H and O–H groups in total. The number of anilines is 2. The van der Waals surface area contributed by atoms with Crippen molar-refractivity contribution in [2.24, 2.45) is 0 Å². The van der Waals surface area contributed by atoms with Gasteiger partial charge in [-0.05, 0) is 49.6 Å². The zero-order valence-electron chi connectivity index (χ0n) is 20.4. The minimum absolute atomic E-state index is 0.0368. The SMILES string of the molecule is CC(=O)Nc1ccc(S(=O)(=O)N2CCCCC2C(=O)OCN2C(=O)C(=C(C#N)C#N)c3ccccc32)cc1. The number of benzene rings is 2. The Morgan fingerprint density at radius 2 is 1.76 bits per heavy atom. The van der Waals surface area contributed by atoms with Gasteiger partial charge in [-0.25, -0.2) is 8.42 Å². The van der Waals surface area contributed by atoms with Gasteiger partial charge in [0.15, 0.2) is 6.73 Å². The van der Waals surface area contributed by atoms with Crippen molar-refractivity contribution in [2.75, 3.05) is 23.5 Å². The van der Waals surface area contributed by atoms with E-state index in [-0.39, 0.29) is 34.9 Å². The molecule has 2 amide bonds. The van der Waals surface area contributed by atoms with E-state index in [0.29, 0.717) is 29.8 Å². The first-order chi connectivity index (χ1) is 18.2. The second-order valence-corrected chi connectivity index (χ2v) is 10.5. The summed E-state index contributed by atoms with van der Waals surface area (Å²) in [5.74, 6) is -1.77. The molecule has 1 atom stereocenters. The van der Waals surface area contributed by atoms with Gasteiger partial charge in [0.1, 0.15) is 23.8 Å². The normalized spacial score (nSPS) is 17.2. The first-order valence-corrected chi connectivity index (χ1v) is 13.1. The van der Waals surface area contributed by atoms with Gasteiger partial charge in [-0.2, -0.15) is 14.8 Å². The summed E-state index contributed by atoms with van der Waals surface area (Å²) >= 11 is 0. The monoisotopic (exact) mass is 533 g/mol. The molecular formula is C26H23N5O6S. The lowest BCUT2D eigenvalue weighted by Gasteiger charge is -2.33. The van der Waals surface area contributed by atoms with Crippen LogP contribution >= 0.6 is 0 Å². The number of carbonyl (C=O) groups excluding carboxylic acids is 3. The summed E-state index contributed by atoms with van der Waals surface area (Å²) in [6.45, 7) is 0.936. The van der Waals surface area contributed by atoms with Crippen LogP contribution in [-0.4, -0.2) is 49.8 Å². The van der Waals surface area contributed by atoms with Crippen LogP contribution < -0.4 is 10.2 Å². The molecule has 38 heavy (non-hydrogen) atoms. The maximum absolute atomic E-state index is 13.4. The highest BCUT2D eigenvalue weighted by Crippen LogP contribution is 2.38. The highest BCUT2D eigenvalue weighted by atomic mass is 32.2. The van der Waals surface area contributed by atoms with E-state index in [2.05, 4.69) is 5.32 Å². The number of nitriles is 2. The summed E-state index contributed by atoms with van der Waals surface area (Å²) in [4.78, 5) is 38.5.